The molecule has 0 aliphatic carbocycles. The normalized spacial score (nSPS) is 19.7. The van der Waals surface area contributed by atoms with Gasteiger partial charge in [-0.2, -0.15) is 0 Å². The first kappa shape index (κ1) is 14.3. The van der Waals surface area contributed by atoms with Crippen molar-refractivity contribution in [3.63, 3.8) is 0 Å². The molecule has 1 aromatic heterocycles. The summed E-state index contributed by atoms with van der Waals surface area (Å²) in [6.07, 6.45) is 2.63. The molecule has 2 rings (SSSR count). The van der Waals surface area contributed by atoms with Gasteiger partial charge in [-0.3, -0.25) is 4.99 Å². The molecule has 1 unspecified atom stereocenters. The largest absolute Gasteiger partial charge is 0.376 e. The monoisotopic (exact) mass is 282 g/mol. The van der Waals surface area contributed by atoms with Crippen LogP contribution < -0.4 is 5.32 Å². The molecule has 1 atom stereocenters. The quantitative estimate of drug-likeness (QED) is 0.674. The minimum absolute atomic E-state index is 0.326. The van der Waals surface area contributed by atoms with Gasteiger partial charge in [-0.1, -0.05) is 0 Å². The van der Waals surface area contributed by atoms with Crippen LogP contribution in [0.5, 0.6) is 0 Å². The van der Waals surface area contributed by atoms with Gasteiger partial charge < -0.3 is 15.0 Å². The van der Waals surface area contributed by atoms with Crippen molar-refractivity contribution in [3.8, 4) is 0 Å². The lowest BCUT2D eigenvalue weighted by atomic mass is 10.2. The highest BCUT2D eigenvalue weighted by atomic mass is 32.1. The van der Waals surface area contributed by atoms with Crippen LogP contribution in [0.2, 0.25) is 0 Å². The molecule has 0 spiro atoms. The maximum Gasteiger partial charge on any atom is 0.193 e. The first-order valence-electron chi connectivity index (χ1n) is 6.63. The van der Waals surface area contributed by atoms with Gasteiger partial charge in [0.25, 0.3) is 0 Å². The summed E-state index contributed by atoms with van der Waals surface area (Å²) in [7, 11) is 3.83. The van der Waals surface area contributed by atoms with Crippen molar-refractivity contribution in [3.05, 3.63) is 16.1 Å². The van der Waals surface area contributed by atoms with Crippen LogP contribution >= 0.6 is 11.3 Å². The Morgan fingerprint density at radius 3 is 3.11 bits per heavy atom. The van der Waals surface area contributed by atoms with E-state index in [1.54, 1.807) is 18.4 Å². The number of aryl methyl sites for hydroxylation is 1. The Kier molecular flexibility index (Phi) is 5.15. The van der Waals surface area contributed by atoms with Crippen molar-refractivity contribution in [2.45, 2.75) is 32.4 Å². The van der Waals surface area contributed by atoms with Crippen LogP contribution in [-0.2, 0) is 11.3 Å². The van der Waals surface area contributed by atoms with Crippen LogP contribution in [-0.4, -0.2) is 49.2 Å². The summed E-state index contributed by atoms with van der Waals surface area (Å²) >= 11 is 1.68. The topological polar surface area (TPSA) is 49.8 Å². The lowest BCUT2D eigenvalue weighted by Crippen LogP contribution is -2.41. The number of aliphatic imine (C=N–C) groups is 1. The standard InChI is InChI=1S/C13H22N4OS/c1-10-16-11(9-19-10)8-17(3)13(14-2)15-7-12-5-4-6-18-12/h9,12H,4-8H2,1-3H3,(H,14,15). The van der Waals surface area contributed by atoms with E-state index in [0.29, 0.717) is 6.10 Å². The van der Waals surface area contributed by atoms with Crippen molar-refractivity contribution in [1.29, 1.82) is 0 Å². The average molecular weight is 282 g/mol. The van der Waals surface area contributed by atoms with E-state index in [-0.39, 0.29) is 0 Å². The minimum Gasteiger partial charge on any atom is -0.376 e. The highest BCUT2D eigenvalue weighted by Crippen LogP contribution is 2.11. The van der Waals surface area contributed by atoms with Crippen molar-refractivity contribution in [1.82, 2.24) is 15.2 Å². The van der Waals surface area contributed by atoms with Gasteiger partial charge in [0.15, 0.2) is 5.96 Å². The summed E-state index contributed by atoms with van der Waals surface area (Å²) < 4.78 is 5.60. The van der Waals surface area contributed by atoms with E-state index in [4.69, 9.17) is 4.74 Å². The first-order valence-corrected chi connectivity index (χ1v) is 7.51. The number of aromatic nitrogens is 1. The zero-order valence-corrected chi connectivity index (χ0v) is 12.7. The molecule has 0 saturated carbocycles. The van der Waals surface area contributed by atoms with Crippen LogP contribution in [0, 0.1) is 6.92 Å². The van der Waals surface area contributed by atoms with Crippen LogP contribution in [0.3, 0.4) is 0 Å². The Bertz CT molecular complexity index is 426. The number of thiazole rings is 1. The number of hydrogen-bond acceptors (Lipinski definition) is 4. The second-order valence-corrected chi connectivity index (χ2v) is 5.84. The van der Waals surface area contributed by atoms with E-state index in [2.05, 4.69) is 25.6 Å². The fourth-order valence-electron chi connectivity index (χ4n) is 2.19. The van der Waals surface area contributed by atoms with Gasteiger partial charge >= 0.3 is 0 Å². The predicted molar refractivity (Wildman–Crippen MR) is 78.7 cm³/mol. The van der Waals surface area contributed by atoms with Crippen LogP contribution in [0.4, 0.5) is 0 Å². The highest BCUT2D eigenvalue weighted by molar-refractivity contribution is 7.09. The molecule has 5 nitrogen and oxygen atoms in total. The number of hydrogen-bond donors (Lipinski definition) is 1. The second kappa shape index (κ2) is 6.86. The maximum atomic E-state index is 5.60. The zero-order chi connectivity index (χ0) is 13.7. The third kappa shape index (κ3) is 4.18. The number of nitrogens with one attached hydrogen (secondary N) is 1. The second-order valence-electron chi connectivity index (χ2n) is 4.78. The lowest BCUT2D eigenvalue weighted by molar-refractivity contribution is 0.113. The van der Waals surface area contributed by atoms with Gasteiger partial charge in [-0.25, -0.2) is 4.98 Å². The van der Waals surface area contributed by atoms with E-state index in [1.807, 2.05) is 14.0 Å². The average Bonchev–Trinajstić information content (AvgIpc) is 3.02. The van der Waals surface area contributed by atoms with Gasteiger partial charge in [0.2, 0.25) is 0 Å². The van der Waals surface area contributed by atoms with E-state index >= 15 is 0 Å². The Hall–Kier alpha value is -1.14. The van der Waals surface area contributed by atoms with E-state index in [0.717, 1.165) is 42.8 Å². The van der Waals surface area contributed by atoms with Gasteiger partial charge in [0.05, 0.1) is 23.4 Å². The molecule has 1 saturated heterocycles. The molecular weight excluding hydrogens is 260 g/mol. The molecule has 19 heavy (non-hydrogen) atoms. The maximum absolute atomic E-state index is 5.60. The van der Waals surface area contributed by atoms with Crippen LogP contribution in [0.1, 0.15) is 23.5 Å². The Morgan fingerprint density at radius 1 is 1.68 bits per heavy atom. The SMILES string of the molecule is CN=C(NCC1CCCO1)N(C)Cc1csc(C)n1. The summed E-state index contributed by atoms with van der Waals surface area (Å²) in [6.45, 7) is 4.51. The summed E-state index contributed by atoms with van der Waals surface area (Å²) in [5.74, 6) is 0.890. The lowest BCUT2D eigenvalue weighted by Gasteiger charge is -2.22. The molecule has 1 aliphatic rings. The molecule has 0 bridgehead atoms. The van der Waals surface area contributed by atoms with Crippen LogP contribution in [0.15, 0.2) is 10.4 Å². The number of guanidine groups is 1. The summed E-state index contributed by atoms with van der Waals surface area (Å²) in [6, 6.07) is 0. The van der Waals surface area contributed by atoms with Gasteiger partial charge in [-0.15, -0.1) is 11.3 Å². The zero-order valence-electron chi connectivity index (χ0n) is 11.8. The predicted octanol–water partition coefficient (Wildman–Crippen LogP) is 1.64. The fraction of sp³-hybridized carbons (Fsp3) is 0.692. The molecule has 1 aromatic rings. The van der Waals surface area contributed by atoms with E-state index < -0.39 is 0 Å². The van der Waals surface area contributed by atoms with Crippen molar-refractivity contribution in [2.24, 2.45) is 4.99 Å². The highest BCUT2D eigenvalue weighted by Gasteiger charge is 2.16. The summed E-state index contributed by atoms with van der Waals surface area (Å²) in [5.41, 5.74) is 1.09. The number of nitrogens with zero attached hydrogens (tertiary/aromatic N) is 3. The minimum atomic E-state index is 0.326. The molecule has 6 heteroatoms. The van der Waals surface area contributed by atoms with E-state index in [1.165, 1.54) is 6.42 Å². The molecule has 1 aliphatic heterocycles. The third-order valence-electron chi connectivity index (χ3n) is 3.15. The van der Waals surface area contributed by atoms with Gasteiger partial charge in [0.1, 0.15) is 0 Å². The smallest absolute Gasteiger partial charge is 0.193 e. The third-order valence-corrected chi connectivity index (χ3v) is 3.97. The number of ether oxygens (including phenoxy) is 1. The molecule has 106 valence electrons. The van der Waals surface area contributed by atoms with Gasteiger partial charge in [0, 0.05) is 32.6 Å². The molecule has 0 amide bonds. The molecule has 1 fully saturated rings. The molecule has 1 N–H and O–H groups in total. The summed E-state index contributed by atoms with van der Waals surface area (Å²) in [4.78, 5) is 10.9. The molecule has 2 heterocycles. The molecule has 0 aromatic carbocycles. The molecule has 0 radical (unpaired) electrons. The Balaban J connectivity index is 1.82. The Labute approximate surface area is 118 Å². The van der Waals surface area contributed by atoms with Crippen molar-refractivity contribution >= 4 is 17.3 Å². The van der Waals surface area contributed by atoms with E-state index in [9.17, 15) is 0 Å². The molecular formula is C13H22N4OS. The van der Waals surface area contributed by atoms with Gasteiger partial charge in [-0.05, 0) is 19.8 Å². The number of rotatable bonds is 4. The first-order chi connectivity index (χ1) is 9.19. The Morgan fingerprint density at radius 2 is 2.53 bits per heavy atom. The van der Waals surface area contributed by atoms with Crippen molar-refractivity contribution in [2.75, 3.05) is 27.2 Å². The van der Waals surface area contributed by atoms with Crippen molar-refractivity contribution < 1.29 is 4.74 Å². The summed E-state index contributed by atoms with van der Waals surface area (Å²) in [5, 5.41) is 6.56. The fourth-order valence-corrected chi connectivity index (χ4v) is 2.80. The van der Waals surface area contributed by atoms with Crippen LogP contribution in [0.25, 0.3) is 0 Å².